The van der Waals surface area contributed by atoms with Crippen LogP contribution in [0.3, 0.4) is 0 Å². The Balaban J connectivity index is 1.52. The molecule has 0 spiro atoms. The average molecular weight is 340 g/mol. The number of hydrogen-bond donors (Lipinski definition) is 1. The van der Waals surface area contributed by atoms with E-state index in [0.29, 0.717) is 16.5 Å². The normalized spacial score (nSPS) is 10.9. The van der Waals surface area contributed by atoms with Crippen molar-refractivity contribution in [2.45, 2.75) is 0 Å². The van der Waals surface area contributed by atoms with Crippen molar-refractivity contribution < 1.29 is 9.53 Å². The highest BCUT2D eigenvalue weighted by Crippen LogP contribution is 2.15. The second-order valence-corrected chi connectivity index (χ2v) is 5.40. The number of fused-ring (bicyclic) bond motifs is 1. The number of nitrogens with zero attached hydrogens (tertiary/aromatic N) is 2. The summed E-state index contributed by atoms with van der Waals surface area (Å²) in [6, 6.07) is 18.3. The third kappa shape index (κ3) is 4.30. The Hall–Kier alpha value is -2.92. The van der Waals surface area contributed by atoms with Crippen LogP contribution >= 0.6 is 11.6 Å². The minimum absolute atomic E-state index is 0.135. The van der Waals surface area contributed by atoms with Gasteiger partial charge in [-0.1, -0.05) is 35.9 Å². The summed E-state index contributed by atoms with van der Waals surface area (Å²) in [4.78, 5) is 16.1. The lowest BCUT2D eigenvalue weighted by atomic mass is 10.2. The Morgan fingerprint density at radius 2 is 1.92 bits per heavy atom. The highest BCUT2D eigenvalue weighted by molar-refractivity contribution is 6.30. The van der Waals surface area contributed by atoms with Gasteiger partial charge in [-0.25, -0.2) is 10.4 Å². The molecule has 1 heterocycles. The van der Waals surface area contributed by atoms with Crippen LogP contribution in [0.4, 0.5) is 0 Å². The molecule has 0 saturated heterocycles. The lowest BCUT2D eigenvalue weighted by molar-refractivity contribution is -0.123. The largest absolute Gasteiger partial charge is 0.484 e. The molecule has 1 amide bonds. The highest BCUT2D eigenvalue weighted by Gasteiger charge is 2.01. The number of benzene rings is 2. The van der Waals surface area contributed by atoms with Crippen LogP contribution in [0.25, 0.3) is 10.9 Å². The Morgan fingerprint density at radius 3 is 2.75 bits per heavy atom. The number of nitrogens with one attached hydrogen (secondary N) is 1. The maximum absolute atomic E-state index is 11.7. The van der Waals surface area contributed by atoms with Crippen molar-refractivity contribution in [3.63, 3.8) is 0 Å². The van der Waals surface area contributed by atoms with Crippen molar-refractivity contribution >= 4 is 34.6 Å². The van der Waals surface area contributed by atoms with Gasteiger partial charge in [0.25, 0.3) is 5.91 Å². The molecule has 0 fully saturated rings. The molecule has 2 aromatic carbocycles. The second kappa shape index (κ2) is 7.57. The van der Waals surface area contributed by atoms with Crippen LogP contribution < -0.4 is 10.2 Å². The van der Waals surface area contributed by atoms with Gasteiger partial charge in [0.1, 0.15) is 5.75 Å². The molecule has 1 aromatic heterocycles. The molecular formula is C18H14ClN3O2. The zero-order chi connectivity index (χ0) is 16.8. The molecule has 3 rings (SSSR count). The van der Waals surface area contributed by atoms with E-state index in [1.807, 2.05) is 36.4 Å². The minimum Gasteiger partial charge on any atom is -0.484 e. The molecule has 1 N–H and O–H groups in total. The lowest BCUT2D eigenvalue weighted by Gasteiger charge is -2.04. The van der Waals surface area contributed by atoms with Gasteiger partial charge < -0.3 is 4.74 Å². The molecule has 0 aliphatic heterocycles. The number of carbonyl (C=O) groups excluding carboxylic acids is 1. The minimum atomic E-state index is -0.359. The van der Waals surface area contributed by atoms with Gasteiger partial charge in [0, 0.05) is 10.4 Å². The summed E-state index contributed by atoms with van der Waals surface area (Å²) in [5.74, 6) is 0.205. The highest BCUT2D eigenvalue weighted by atomic mass is 35.5. The third-order valence-corrected chi connectivity index (χ3v) is 3.44. The third-order valence-electron chi connectivity index (χ3n) is 3.19. The summed E-state index contributed by atoms with van der Waals surface area (Å²) in [5, 5.41) is 5.55. The summed E-state index contributed by atoms with van der Waals surface area (Å²) < 4.78 is 5.32. The number of halogens is 1. The molecule has 0 saturated carbocycles. The van der Waals surface area contributed by atoms with Crippen molar-refractivity contribution in [1.82, 2.24) is 10.4 Å². The van der Waals surface area contributed by atoms with Gasteiger partial charge in [-0.05, 0) is 36.4 Å². The molecule has 0 unspecified atom stereocenters. The van der Waals surface area contributed by atoms with Crippen LogP contribution in [-0.2, 0) is 4.79 Å². The van der Waals surface area contributed by atoms with Gasteiger partial charge in [0.2, 0.25) is 0 Å². The number of rotatable bonds is 5. The SMILES string of the molecule is O=C(COc1ccc(Cl)cc1)NN=Cc1ccc2ccccc2n1. The van der Waals surface area contributed by atoms with E-state index in [-0.39, 0.29) is 12.5 Å². The fourth-order valence-electron chi connectivity index (χ4n) is 2.04. The summed E-state index contributed by atoms with van der Waals surface area (Å²) >= 11 is 5.78. The Bertz CT molecular complexity index is 879. The zero-order valence-electron chi connectivity index (χ0n) is 12.6. The Morgan fingerprint density at radius 1 is 1.12 bits per heavy atom. The maximum Gasteiger partial charge on any atom is 0.277 e. The summed E-state index contributed by atoms with van der Waals surface area (Å²) in [6.45, 7) is -0.135. The molecule has 24 heavy (non-hydrogen) atoms. The fourth-order valence-corrected chi connectivity index (χ4v) is 2.16. The van der Waals surface area contributed by atoms with Gasteiger partial charge in [-0.15, -0.1) is 0 Å². The quantitative estimate of drug-likeness (QED) is 0.572. The smallest absolute Gasteiger partial charge is 0.277 e. The van der Waals surface area contributed by atoms with E-state index in [1.54, 1.807) is 24.3 Å². The van der Waals surface area contributed by atoms with Crippen molar-refractivity contribution in [2.75, 3.05) is 6.61 Å². The van der Waals surface area contributed by atoms with Crippen molar-refractivity contribution in [3.8, 4) is 5.75 Å². The van der Waals surface area contributed by atoms with E-state index in [0.717, 1.165) is 10.9 Å². The van der Waals surface area contributed by atoms with Gasteiger partial charge in [-0.3, -0.25) is 4.79 Å². The number of ether oxygens (including phenoxy) is 1. The first-order valence-electron chi connectivity index (χ1n) is 7.27. The molecule has 0 atom stereocenters. The average Bonchev–Trinajstić information content (AvgIpc) is 2.61. The number of aromatic nitrogens is 1. The number of para-hydroxylation sites is 1. The first-order valence-corrected chi connectivity index (χ1v) is 7.64. The van der Waals surface area contributed by atoms with Crippen molar-refractivity contribution in [2.24, 2.45) is 5.10 Å². The topological polar surface area (TPSA) is 63.6 Å². The van der Waals surface area contributed by atoms with E-state index in [9.17, 15) is 4.79 Å². The van der Waals surface area contributed by atoms with Gasteiger partial charge >= 0.3 is 0 Å². The zero-order valence-corrected chi connectivity index (χ0v) is 13.4. The molecule has 3 aromatic rings. The van der Waals surface area contributed by atoms with Crippen LogP contribution in [-0.4, -0.2) is 23.7 Å². The molecule has 0 aliphatic rings. The monoisotopic (exact) mass is 339 g/mol. The maximum atomic E-state index is 11.7. The number of amides is 1. The van der Waals surface area contributed by atoms with Crippen molar-refractivity contribution in [1.29, 1.82) is 0 Å². The van der Waals surface area contributed by atoms with Gasteiger partial charge in [0.15, 0.2) is 6.61 Å². The van der Waals surface area contributed by atoms with E-state index in [2.05, 4.69) is 15.5 Å². The Kier molecular flexibility index (Phi) is 5.03. The van der Waals surface area contributed by atoms with Crippen LogP contribution in [0, 0.1) is 0 Å². The number of carbonyl (C=O) groups is 1. The molecule has 0 bridgehead atoms. The van der Waals surface area contributed by atoms with E-state index >= 15 is 0 Å². The van der Waals surface area contributed by atoms with E-state index in [1.165, 1.54) is 6.21 Å². The van der Waals surface area contributed by atoms with Crippen molar-refractivity contribution in [3.05, 3.63) is 71.4 Å². The predicted octanol–water partition coefficient (Wildman–Crippen LogP) is 3.42. The van der Waals surface area contributed by atoms with E-state index < -0.39 is 0 Å². The number of hydrazone groups is 1. The number of pyridine rings is 1. The predicted molar refractivity (Wildman–Crippen MR) is 94.4 cm³/mol. The molecular weight excluding hydrogens is 326 g/mol. The lowest BCUT2D eigenvalue weighted by Crippen LogP contribution is -2.24. The summed E-state index contributed by atoms with van der Waals surface area (Å²) in [7, 11) is 0. The van der Waals surface area contributed by atoms with Gasteiger partial charge in [0.05, 0.1) is 17.4 Å². The Labute approximate surface area is 143 Å². The van der Waals surface area contributed by atoms with Crippen LogP contribution in [0.1, 0.15) is 5.69 Å². The molecule has 0 aliphatic carbocycles. The first kappa shape index (κ1) is 16.0. The summed E-state index contributed by atoms with van der Waals surface area (Å²) in [6.07, 6.45) is 1.49. The van der Waals surface area contributed by atoms with Crippen LogP contribution in [0.15, 0.2) is 65.8 Å². The number of hydrogen-bond acceptors (Lipinski definition) is 4. The van der Waals surface area contributed by atoms with Crippen LogP contribution in [0.5, 0.6) is 5.75 Å². The second-order valence-electron chi connectivity index (χ2n) is 4.96. The van der Waals surface area contributed by atoms with E-state index in [4.69, 9.17) is 16.3 Å². The van der Waals surface area contributed by atoms with Crippen LogP contribution in [0.2, 0.25) is 5.02 Å². The standard InChI is InChI=1S/C18H14ClN3O2/c19-14-6-9-16(10-7-14)24-12-18(23)22-20-11-15-8-5-13-3-1-2-4-17(13)21-15/h1-11H,12H2,(H,22,23). The summed E-state index contributed by atoms with van der Waals surface area (Å²) in [5.41, 5.74) is 3.93. The first-order chi connectivity index (χ1) is 11.7. The molecule has 5 nitrogen and oxygen atoms in total. The van der Waals surface area contributed by atoms with Gasteiger partial charge in [-0.2, -0.15) is 5.10 Å². The fraction of sp³-hybridized carbons (Fsp3) is 0.0556. The molecule has 6 heteroatoms. The molecule has 120 valence electrons. The molecule has 0 radical (unpaired) electrons.